The highest BCUT2D eigenvalue weighted by Crippen LogP contribution is 2.43. The summed E-state index contributed by atoms with van der Waals surface area (Å²) >= 11 is 0. The number of carbonyl (C=O) groups excluding carboxylic acids is 1. The normalized spacial score (nSPS) is 14.6. The maximum Gasteiger partial charge on any atom is 0.343 e. The van der Waals surface area contributed by atoms with Gasteiger partial charge in [-0.1, -0.05) is 31.5 Å². The van der Waals surface area contributed by atoms with Gasteiger partial charge >= 0.3 is 5.97 Å². The summed E-state index contributed by atoms with van der Waals surface area (Å²) in [4.78, 5) is 12.6. The first-order valence-corrected chi connectivity index (χ1v) is 10.9. The molecule has 0 aliphatic carbocycles. The summed E-state index contributed by atoms with van der Waals surface area (Å²) in [5, 5.41) is 9.63. The molecule has 0 saturated carbocycles. The average Bonchev–Trinajstić information content (AvgIpc) is 2.83. The molecule has 1 unspecified atom stereocenters. The summed E-state index contributed by atoms with van der Waals surface area (Å²) in [6, 6.07) is 19.6. The Balaban J connectivity index is 1.56. The number of unbranched alkanes of at least 4 members (excludes halogenated alkanes) is 1. The number of esters is 1. The van der Waals surface area contributed by atoms with Gasteiger partial charge in [-0.15, -0.1) is 0 Å². The number of allylic oxidation sites excluding steroid dienone is 1. The maximum atomic E-state index is 13.9. The van der Waals surface area contributed by atoms with E-state index in [1.165, 1.54) is 18.2 Å². The minimum absolute atomic E-state index is 0.0774. The smallest absolute Gasteiger partial charge is 0.343 e. The number of carbonyl (C=O) groups is 1. The molecule has 3 aromatic rings. The number of nitriles is 1. The molecule has 7 heteroatoms. The van der Waals surface area contributed by atoms with Crippen LogP contribution in [0.1, 0.15) is 47.2 Å². The zero-order valence-electron chi connectivity index (χ0n) is 18.6. The zero-order valence-corrected chi connectivity index (χ0v) is 18.6. The number of hydrogen-bond acceptors (Lipinski definition) is 6. The fourth-order valence-electron chi connectivity index (χ4n) is 3.72. The number of benzene rings is 3. The number of halogens is 1. The van der Waals surface area contributed by atoms with Crippen LogP contribution in [0.5, 0.6) is 17.2 Å². The van der Waals surface area contributed by atoms with Crippen LogP contribution in [0.2, 0.25) is 0 Å². The van der Waals surface area contributed by atoms with Crippen LogP contribution in [0, 0.1) is 17.1 Å². The van der Waals surface area contributed by atoms with E-state index >= 15 is 0 Å². The van der Waals surface area contributed by atoms with E-state index in [2.05, 4.69) is 13.0 Å². The van der Waals surface area contributed by atoms with Crippen molar-refractivity contribution in [1.29, 1.82) is 5.26 Å². The van der Waals surface area contributed by atoms with Crippen LogP contribution < -0.4 is 19.9 Å². The molecule has 6 nitrogen and oxygen atoms in total. The molecule has 4 rings (SSSR count). The van der Waals surface area contributed by atoms with Crippen LogP contribution in [0.15, 0.2) is 78.2 Å². The number of fused-ring (bicyclic) bond motifs is 1. The molecule has 0 amide bonds. The molecule has 0 spiro atoms. The van der Waals surface area contributed by atoms with Crippen molar-refractivity contribution in [2.75, 3.05) is 6.61 Å². The number of nitrogens with zero attached hydrogens (tertiary/aromatic N) is 1. The Morgan fingerprint density at radius 3 is 2.59 bits per heavy atom. The largest absolute Gasteiger partial charge is 0.494 e. The highest BCUT2D eigenvalue weighted by Gasteiger charge is 2.31. The Kier molecular flexibility index (Phi) is 6.79. The van der Waals surface area contributed by atoms with E-state index in [-0.39, 0.29) is 17.2 Å². The molecule has 0 saturated heterocycles. The van der Waals surface area contributed by atoms with Crippen molar-refractivity contribution >= 4 is 5.97 Å². The van der Waals surface area contributed by atoms with E-state index in [4.69, 9.17) is 19.9 Å². The lowest BCUT2D eigenvalue weighted by atomic mass is 9.83. The molecule has 0 radical (unpaired) electrons. The Morgan fingerprint density at radius 2 is 1.88 bits per heavy atom. The lowest BCUT2D eigenvalue weighted by Crippen LogP contribution is -2.21. The van der Waals surface area contributed by atoms with Gasteiger partial charge in [-0.3, -0.25) is 0 Å². The lowest BCUT2D eigenvalue weighted by Gasteiger charge is -2.26. The molecular formula is C27H23FN2O4. The second-order valence-electron chi connectivity index (χ2n) is 7.80. The van der Waals surface area contributed by atoms with Gasteiger partial charge in [0.25, 0.3) is 0 Å². The molecule has 34 heavy (non-hydrogen) atoms. The zero-order chi connectivity index (χ0) is 24.1. The second kappa shape index (κ2) is 10.1. The quantitative estimate of drug-likeness (QED) is 0.288. The van der Waals surface area contributed by atoms with E-state index in [1.54, 1.807) is 48.5 Å². The second-order valence-corrected chi connectivity index (χ2v) is 7.80. The van der Waals surface area contributed by atoms with Crippen molar-refractivity contribution in [2.24, 2.45) is 5.73 Å². The summed E-state index contributed by atoms with van der Waals surface area (Å²) in [5.74, 6) is -0.381. The number of rotatable bonds is 7. The minimum atomic E-state index is -0.602. The van der Waals surface area contributed by atoms with Crippen molar-refractivity contribution in [1.82, 2.24) is 0 Å². The lowest BCUT2D eigenvalue weighted by molar-refractivity contribution is 0.0734. The Labute approximate surface area is 197 Å². The number of nitrogens with two attached hydrogens (primary N) is 1. The van der Waals surface area contributed by atoms with E-state index in [0.717, 1.165) is 12.8 Å². The molecule has 2 N–H and O–H groups in total. The Morgan fingerprint density at radius 1 is 1.12 bits per heavy atom. The van der Waals surface area contributed by atoms with Gasteiger partial charge in [-0.25, -0.2) is 9.18 Å². The fourth-order valence-corrected chi connectivity index (χ4v) is 3.72. The van der Waals surface area contributed by atoms with Crippen LogP contribution in [-0.4, -0.2) is 12.6 Å². The summed E-state index contributed by atoms with van der Waals surface area (Å²) in [6.45, 7) is 2.71. The van der Waals surface area contributed by atoms with Gasteiger partial charge in [0, 0.05) is 11.6 Å². The van der Waals surface area contributed by atoms with Crippen LogP contribution in [0.3, 0.4) is 0 Å². The van der Waals surface area contributed by atoms with Gasteiger partial charge < -0.3 is 19.9 Å². The molecular weight excluding hydrogens is 435 g/mol. The van der Waals surface area contributed by atoms with Gasteiger partial charge in [-0.2, -0.15) is 5.26 Å². The van der Waals surface area contributed by atoms with Crippen molar-refractivity contribution in [3.8, 4) is 23.3 Å². The number of ether oxygens (including phenoxy) is 3. The molecule has 1 atom stereocenters. The minimum Gasteiger partial charge on any atom is -0.494 e. The third-order valence-corrected chi connectivity index (χ3v) is 5.44. The summed E-state index contributed by atoms with van der Waals surface area (Å²) in [6.07, 6.45) is 2.00. The van der Waals surface area contributed by atoms with Crippen LogP contribution in [-0.2, 0) is 0 Å². The van der Waals surface area contributed by atoms with Crippen molar-refractivity contribution in [3.63, 3.8) is 0 Å². The van der Waals surface area contributed by atoms with Crippen LogP contribution in [0.25, 0.3) is 0 Å². The predicted molar refractivity (Wildman–Crippen MR) is 124 cm³/mol. The third-order valence-electron chi connectivity index (χ3n) is 5.44. The van der Waals surface area contributed by atoms with Gasteiger partial charge in [-0.05, 0) is 54.4 Å². The molecule has 172 valence electrons. The third kappa shape index (κ3) is 4.86. The molecule has 1 heterocycles. The molecule has 3 aromatic carbocycles. The van der Waals surface area contributed by atoms with E-state index in [9.17, 15) is 14.4 Å². The van der Waals surface area contributed by atoms with Crippen molar-refractivity contribution in [3.05, 3.63) is 101 Å². The van der Waals surface area contributed by atoms with E-state index in [1.807, 2.05) is 0 Å². The predicted octanol–water partition coefficient (Wildman–Crippen LogP) is 5.44. The standard InChI is InChI=1S/C27H23FN2O4/c1-2-3-13-32-20-9-7-17(8-10-20)27(31)33-21-11-12-22-24(15-21)34-26(30)23(16-29)25(22)18-5-4-6-19(28)14-18/h4-12,14-15,25H,2-3,13,30H2,1H3. The molecule has 0 aromatic heterocycles. The number of hydrogen-bond donors (Lipinski definition) is 1. The Hall–Kier alpha value is -4.31. The molecule has 0 bridgehead atoms. The molecule has 1 aliphatic heterocycles. The highest BCUT2D eigenvalue weighted by molar-refractivity contribution is 5.91. The van der Waals surface area contributed by atoms with Crippen molar-refractivity contribution in [2.45, 2.75) is 25.7 Å². The summed E-state index contributed by atoms with van der Waals surface area (Å²) in [5.41, 5.74) is 7.72. The monoisotopic (exact) mass is 458 g/mol. The van der Waals surface area contributed by atoms with Gasteiger partial charge in [0.15, 0.2) is 0 Å². The summed E-state index contributed by atoms with van der Waals surface area (Å²) in [7, 11) is 0. The summed E-state index contributed by atoms with van der Waals surface area (Å²) < 4.78 is 30.6. The SMILES string of the molecule is CCCCOc1ccc(C(=O)Oc2ccc3c(c2)OC(N)=C(C#N)C3c2cccc(F)c2)cc1. The first-order chi connectivity index (χ1) is 16.5. The van der Waals surface area contributed by atoms with Crippen molar-refractivity contribution < 1.29 is 23.4 Å². The maximum absolute atomic E-state index is 13.9. The Bertz CT molecular complexity index is 1280. The molecule has 0 fully saturated rings. The first-order valence-electron chi connectivity index (χ1n) is 10.9. The molecule has 1 aliphatic rings. The van der Waals surface area contributed by atoms with Gasteiger partial charge in [0.2, 0.25) is 5.88 Å². The topological polar surface area (TPSA) is 94.6 Å². The van der Waals surface area contributed by atoms with Crippen LogP contribution >= 0.6 is 0 Å². The van der Waals surface area contributed by atoms with E-state index in [0.29, 0.717) is 34.8 Å². The van der Waals surface area contributed by atoms with Crippen LogP contribution in [0.4, 0.5) is 4.39 Å². The average molecular weight is 458 g/mol. The first kappa shape index (κ1) is 22.9. The van der Waals surface area contributed by atoms with Gasteiger partial charge in [0.1, 0.15) is 34.7 Å². The highest BCUT2D eigenvalue weighted by atomic mass is 19.1. The van der Waals surface area contributed by atoms with Gasteiger partial charge in [0.05, 0.1) is 18.1 Å². The van der Waals surface area contributed by atoms with E-state index < -0.39 is 17.7 Å². The fraction of sp³-hybridized carbons (Fsp3) is 0.185.